The van der Waals surface area contributed by atoms with Crippen LogP contribution in [0.5, 0.6) is 0 Å². The molecule has 0 unspecified atom stereocenters. The molecule has 1 aromatic carbocycles. The molecule has 0 aliphatic heterocycles. The van der Waals surface area contributed by atoms with E-state index in [0.29, 0.717) is 21.4 Å². The van der Waals surface area contributed by atoms with Crippen LogP contribution in [0.1, 0.15) is 5.56 Å². The first-order valence-electron chi connectivity index (χ1n) is 5.41. The normalized spacial score (nSPS) is 11.2. The average molecular weight is 342 g/mol. The summed E-state index contributed by atoms with van der Waals surface area (Å²) in [6.07, 6.45) is 3.05. The second-order valence-corrected chi connectivity index (χ2v) is 6.53. The molecule has 0 aliphatic carbocycles. The van der Waals surface area contributed by atoms with Gasteiger partial charge in [0.1, 0.15) is 0 Å². The molecule has 0 amide bonds. The van der Waals surface area contributed by atoms with Gasteiger partial charge in [0.25, 0.3) is 0 Å². The van der Waals surface area contributed by atoms with Gasteiger partial charge < -0.3 is 5.73 Å². The highest BCUT2D eigenvalue weighted by Gasteiger charge is 2.13. The van der Waals surface area contributed by atoms with Gasteiger partial charge in [0.15, 0.2) is 0 Å². The third-order valence-electron chi connectivity index (χ3n) is 2.37. The fourth-order valence-corrected chi connectivity index (χ4v) is 3.19. The molecule has 2 rings (SSSR count). The van der Waals surface area contributed by atoms with E-state index in [4.69, 9.17) is 5.73 Å². The largest absolute Gasteiger partial charge is 0.399 e. The first-order chi connectivity index (χ1) is 8.96. The average Bonchev–Trinajstić information content (AvgIpc) is 2.35. The third-order valence-corrected chi connectivity index (χ3v) is 4.25. The lowest BCUT2D eigenvalue weighted by Crippen LogP contribution is -2.15. The molecule has 0 atom stereocenters. The van der Waals surface area contributed by atoms with E-state index in [-0.39, 0.29) is 5.75 Å². The van der Waals surface area contributed by atoms with Crippen LogP contribution in [0.25, 0.3) is 0 Å². The van der Waals surface area contributed by atoms with Gasteiger partial charge in [0.05, 0.1) is 15.9 Å². The number of nitrogens with two attached hydrogens (primary N) is 1. The van der Waals surface area contributed by atoms with E-state index in [1.54, 1.807) is 30.3 Å². The molecule has 0 fully saturated rings. The molecule has 7 heteroatoms. The first-order valence-corrected chi connectivity index (χ1v) is 7.85. The smallest absolute Gasteiger partial charge is 0.236 e. The van der Waals surface area contributed by atoms with Crippen LogP contribution in [0, 0.1) is 0 Å². The molecule has 1 aromatic heterocycles. The first kappa shape index (κ1) is 13.8. The third kappa shape index (κ3) is 3.93. The van der Waals surface area contributed by atoms with Gasteiger partial charge in [-0.3, -0.25) is 9.71 Å². The Morgan fingerprint density at radius 2 is 1.89 bits per heavy atom. The zero-order valence-electron chi connectivity index (χ0n) is 9.88. The molecule has 0 spiro atoms. The van der Waals surface area contributed by atoms with E-state index < -0.39 is 10.0 Å². The SMILES string of the molecule is Nc1ccc(CS(=O)(=O)Nc2ccncc2Br)cc1. The minimum atomic E-state index is -3.47. The van der Waals surface area contributed by atoms with Crippen molar-refractivity contribution in [2.24, 2.45) is 0 Å². The van der Waals surface area contributed by atoms with Crippen molar-refractivity contribution in [3.8, 4) is 0 Å². The summed E-state index contributed by atoms with van der Waals surface area (Å²) >= 11 is 3.24. The summed E-state index contributed by atoms with van der Waals surface area (Å²) in [4.78, 5) is 3.87. The molecular formula is C12H12BrN3O2S. The molecule has 5 nitrogen and oxygen atoms in total. The number of halogens is 1. The van der Waals surface area contributed by atoms with Crippen molar-refractivity contribution >= 4 is 37.3 Å². The Labute approximate surface area is 120 Å². The van der Waals surface area contributed by atoms with Gasteiger partial charge in [0, 0.05) is 18.1 Å². The van der Waals surface area contributed by atoms with Crippen LogP contribution in [0.2, 0.25) is 0 Å². The number of nitrogens with zero attached hydrogens (tertiary/aromatic N) is 1. The van der Waals surface area contributed by atoms with Crippen molar-refractivity contribution < 1.29 is 8.42 Å². The molecule has 19 heavy (non-hydrogen) atoms. The quantitative estimate of drug-likeness (QED) is 0.836. The molecular weight excluding hydrogens is 330 g/mol. The number of aromatic nitrogens is 1. The predicted molar refractivity (Wildman–Crippen MR) is 79.0 cm³/mol. The van der Waals surface area contributed by atoms with Crippen LogP contribution in [0.3, 0.4) is 0 Å². The van der Waals surface area contributed by atoms with Crippen LogP contribution in [0.15, 0.2) is 47.2 Å². The van der Waals surface area contributed by atoms with Crippen LogP contribution in [-0.4, -0.2) is 13.4 Å². The molecule has 100 valence electrons. The minimum absolute atomic E-state index is 0.109. The van der Waals surface area contributed by atoms with Gasteiger partial charge in [-0.05, 0) is 39.7 Å². The maximum atomic E-state index is 12.0. The Morgan fingerprint density at radius 3 is 2.53 bits per heavy atom. The summed E-state index contributed by atoms with van der Waals surface area (Å²) in [5, 5.41) is 0. The standard InChI is InChI=1S/C12H12BrN3O2S/c13-11-7-15-6-5-12(11)16-19(17,18)8-9-1-3-10(14)4-2-9/h1-7H,8,14H2,(H,15,16). The van der Waals surface area contributed by atoms with E-state index in [1.807, 2.05) is 0 Å². The van der Waals surface area contributed by atoms with Crippen molar-refractivity contribution in [2.45, 2.75) is 5.75 Å². The number of nitrogens with one attached hydrogen (secondary N) is 1. The fourth-order valence-electron chi connectivity index (χ4n) is 1.49. The zero-order valence-corrected chi connectivity index (χ0v) is 12.3. The van der Waals surface area contributed by atoms with E-state index in [1.165, 1.54) is 12.4 Å². The van der Waals surface area contributed by atoms with E-state index in [0.717, 1.165) is 0 Å². The second kappa shape index (κ2) is 5.58. The monoisotopic (exact) mass is 341 g/mol. The van der Waals surface area contributed by atoms with Gasteiger partial charge in [-0.2, -0.15) is 0 Å². The number of hydrogen-bond acceptors (Lipinski definition) is 4. The Hall–Kier alpha value is -1.60. The van der Waals surface area contributed by atoms with Gasteiger partial charge in [-0.25, -0.2) is 8.42 Å². The van der Waals surface area contributed by atoms with Gasteiger partial charge in [0.2, 0.25) is 10.0 Å². The van der Waals surface area contributed by atoms with Crippen LogP contribution in [-0.2, 0) is 15.8 Å². The van der Waals surface area contributed by atoms with E-state index in [2.05, 4.69) is 25.6 Å². The van der Waals surface area contributed by atoms with Crippen molar-refractivity contribution in [2.75, 3.05) is 10.5 Å². The second-order valence-electron chi connectivity index (χ2n) is 3.96. The topological polar surface area (TPSA) is 85.1 Å². The summed E-state index contributed by atoms with van der Waals surface area (Å²) in [6.45, 7) is 0. The van der Waals surface area contributed by atoms with Gasteiger partial charge in [-0.15, -0.1) is 0 Å². The number of anilines is 2. The molecule has 0 aliphatic rings. The predicted octanol–water partition coefficient (Wildman–Crippen LogP) is 2.37. The maximum absolute atomic E-state index is 12.0. The molecule has 0 saturated heterocycles. The number of benzene rings is 1. The number of hydrogen-bond donors (Lipinski definition) is 2. The Kier molecular flexibility index (Phi) is 4.06. The lowest BCUT2D eigenvalue weighted by molar-refractivity contribution is 0.600. The van der Waals surface area contributed by atoms with Crippen molar-refractivity contribution in [1.82, 2.24) is 4.98 Å². The Morgan fingerprint density at radius 1 is 1.21 bits per heavy atom. The summed E-state index contributed by atoms with van der Waals surface area (Å²) in [7, 11) is -3.47. The molecule has 2 aromatic rings. The molecule has 0 saturated carbocycles. The van der Waals surface area contributed by atoms with Crippen LogP contribution < -0.4 is 10.5 Å². The number of pyridine rings is 1. The lowest BCUT2D eigenvalue weighted by Gasteiger charge is -2.09. The van der Waals surface area contributed by atoms with Crippen molar-refractivity contribution in [3.63, 3.8) is 0 Å². The molecule has 0 radical (unpaired) electrons. The Bertz CT molecular complexity index is 672. The molecule has 0 bridgehead atoms. The zero-order chi connectivity index (χ0) is 13.9. The maximum Gasteiger partial charge on any atom is 0.236 e. The van der Waals surface area contributed by atoms with Crippen molar-refractivity contribution in [1.29, 1.82) is 0 Å². The lowest BCUT2D eigenvalue weighted by atomic mass is 10.2. The van der Waals surface area contributed by atoms with E-state index >= 15 is 0 Å². The molecule has 3 N–H and O–H groups in total. The van der Waals surface area contributed by atoms with Crippen LogP contribution in [0.4, 0.5) is 11.4 Å². The summed E-state index contributed by atoms with van der Waals surface area (Å²) in [5.41, 5.74) is 7.29. The highest BCUT2D eigenvalue weighted by atomic mass is 79.9. The van der Waals surface area contributed by atoms with Crippen molar-refractivity contribution in [3.05, 3.63) is 52.8 Å². The molecule has 1 heterocycles. The number of nitrogen functional groups attached to an aromatic ring is 1. The minimum Gasteiger partial charge on any atom is -0.399 e. The van der Waals surface area contributed by atoms with Crippen LogP contribution >= 0.6 is 15.9 Å². The highest BCUT2D eigenvalue weighted by molar-refractivity contribution is 9.10. The summed E-state index contributed by atoms with van der Waals surface area (Å²) in [5.74, 6) is -0.109. The van der Waals surface area contributed by atoms with E-state index in [9.17, 15) is 8.42 Å². The fraction of sp³-hybridized carbons (Fsp3) is 0.0833. The highest BCUT2D eigenvalue weighted by Crippen LogP contribution is 2.22. The number of rotatable bonds is 4. The Balaban J connectivity index is 2.15. The summed E-state index contributed by atoms with van der Waals surface area (Å²) in [6, 6.07) is 8.32. The summed E-state index contributed by atoms with van der Waals surface area (Å²) < 4.78 is 27.1. The van der Waals surface area contributed by atoms with Gasteiger partial charge >= 0.3 is 0 Å². The van der Waals surface area contributed by atoms with Gasteiger partial charge in [-0.1, -0.05) is 12.1 Å². The number of sulfonamides is 1.